The van der Waals surface area contributed by atoms with Crippen LogP contribution in [0.1, 0.15) is 27.2 Å². The van der Waals surface area contributed by atoms with Gasteiger partial charge in [0.1, 0.15) is 0 Å². The maximum Gasteiger partial charge on any atom is 0.330 e. The van der Waals surface area contributed by atoms with E-state index in [1.807, 2.05) is 6.92 Å². The molecule has 0 saturated heterocycles. The third-order valence-corrected chi connectivity index (χ3v) is 5.13. The first-order chi connectivity index (χ1) is 7.58. The van der Waals surface area contributed by atoms with Crippen molar-refractivity contribution in [1.29, 1.82) is 0 Å². The SMILES string of the molecule is CCOP(O)CCCP(=O)(OCC)OCC. The standard InChI is InChI=1S/C9H22O5P2/c1-4-12-15(10)8-7-9-16(11,13-5-2)14-6-3/h10H,4-9H2,1-3H3. The Morgan fingerprint density at radius 3 is 2.12 bits per heavy atom. The summed E-state index contributed by atoms with van der Waals surface area (Å²) in [5, 5.41) is 0. The molecule has 0 aromatic carbocycles. The normalized spacial score (nSPS) is 14.0. The predicted octanol–water partition coefficient (Wildman–Crippen LogP) is 2.98. The summed E-state index contributed by atoms with van der Waals surface area (Å²) < 4.78 is 27.3. The first-order valence-corrected chi connectivity index (χ1v) is 8.68. The minimum atomic E-state index is -2.95. The van der Waals surface area contributed by atoms with E-state index in [1.54, 1.807) is 13.8 Å². The number of hydrogen-bond acceptors (Lipinski definition) is 5. The van der Waals surface area contributed by atoms with E-state index in [-0.39, 0.29) is 0 Å². The molecular weight excluding hydrogens is 250 g/mol. The molecule has 0 fully saturated rings. The van der Waals surface area contributed by atoms with E-state index in [4.69, 9.17) is 13.6 Å². The molecule has 0 amide bonds. The van der Waals surface area contributed by atoms with Crippen molar-refractivity contribution in [2.75, 3.05) is 32.1 Å². The zero-order valence-electron chi connectivity index (χ0n) is 10.2. The van der Waals surface area contributed by atoms with E-state index in [1.165, 1.54) is 0 Å². The summed E-state index contributed by atoms with van der Waals surface area (Å²) in [5.74, 6) is 0. The molecule has 0 rings (SSSR count). The maximum atomic E-state index is 12.0. The highest BCUT2D eigenvalue weighted by atomic mass is 31.2. The van der Waals surface area contributed by atoms with Crippen LogP contribution in [0, 0.1) is 0 Å². The van der Waals surface area contributed by atoms with Crippen LogP contribution in [0.2, 0.25) is 0 Å². The summed E-state index contributed by atoms with van der Waals surface area (Å²) in [6.07, 6.45) is 1.42. The Bertz CT molecular complexity index is 202. The summed E-state index contributed by atoms with van der Waals surface area (Å²) in [7, 11) is -4.34. The zero-order chi connectivity index (χ0) is 12.4. The lowest BCUT2D eigenvalue weighted by molar-refractivity contribution is 0.220. The topological polar surface area (TPSA) is 65.0 Å². The van der Waals surface area contributed by atoms with Gasteiger partial charge < -0.3 is 18.5 Å². The fraction of sp³-hybridized carbons (Fsp3) is 1.00. The molecular formula is C9H22O5P2. The van der Waals surface area contributed by atoms with Gasteiger partial charge in [0.15, 0.2) is 8.38 Å². The molecule has 0 aliphatic carbocycles. The largest absolute Gasteiger partial charge is 0.350 e. The van der Waals surface area contributed by atoms with Gasteiger partial charge in [0.25, 0.3) is 0 Å². The highest BCUT2D eigenvalue weighted by molar-refractivity contribution is 7.54. The molecule has 0 aromatic heterocycles. The van der Waals surface area contributed by atoms with Gasteiger partial charge in [-0.3, -0.25) is 4.57 Å². The van der Waals surface area contributed by atoms with E-state index in [0.717, 1.165) is 0 Å². The Morgan fingerprint density at radius 1 is 1.12 bits per heavy atom. The Hall–Kier alpha value is 0.500. The Morgan fingerprint density at radius 2 is 1.69 bits per heavy atom. The Labute approximate surface area is 98.9 Å². The third kappa shape index (κ3) is 7.72. The van der Waals surface area contributed by atoms with Crippen molar-refractivity contribution in [2.45, 2.75) is 27.2 Å². The minimum Gasteiger partial charge on any atom is -0.350 e. The van der Waals surface area contributed by atoms with Gasteiger partial charge in [-0.05, 0) is 27.2 Å². The molecule has 7 heteroatoms. The number of rotatable bonds is 10. The van der Waals surface area contributed by atoms with Crippen LogP contribution in [0.25, 0.3) is 0 Å². The molecule has 0 aromatic rings. The average Bonchev–Trinajstić information content (AvgIpc) is 2.18. The molecule has 16 heavy (non-hydrogen) atoms. The first-order valence-electron chi connectivity index (χ1n) is 5.55. The molecule has 5 nitrogen and oxygen atoms in total. The molecule has 0 heterocycles. The number of hydrogen-bond donors (Lipinski definition) is 1. The minimum absolute atomic E-state index is 0.334. The second kappa shape index (κ2) is 9.52. The van der Waals surface area contributed by atoms with Gasteiger partial charge in [0.05, 0.1) is 26.0 Å². The smallest absolute Gasteiger partial charge is 0.330 e. The van der Waals surface area contributed by atoms with Crippen LogP contribution in [-0.2, 0) is 18.1 Å². The second-order valence-corrected chi connectivity index (χ2v) is 6.61. The Kier molecular flexibility index (Phi) is 9.82. The summed E-state index contributed by atoms with van der Waals surface area (Å²) in [6.45, 7) is 6.64. The maximum absolute atomic E-state index is 12.0. The lowest BCUT2D eigenvalue weighted by Gasteiger charge is -2.17. The van der Waals surface area contributed by atoms with Crippen molar-refractivity contribution in [2.24, 2.45) is 0 Å². The fourth-order valence-corrected chi connectivity index (χ4v) is 3.94. The molecule has 1 unspecified atom stereocenters. The van der Waals surface area contributed by atoms with Crippen LogP contribution < -0.4 is 0 Å². The molecule has 1 N–H and O–H groups in total. The van der Waals surface area contributed by atoms with E-state index in [0.29, 0.717) is 38.6 Å². The molecule has 0 radical (unpaired) electrons. The summed E-state index contributed by atoms with van der Waals surface area (Å²) in [6, 6.07) is 0. The summed E-state index contributed by atoms with van der Waals surface area (Å²) >= 11 is 0. The van der Waals surface area contributed by atoms with E-state index >= 15 is 0 Å². The molecule has 0 aliphatic rings. The van der Waals surface area contributed by atoms with Crippen molar-refractivity contribution in [1.82, 2.24) is 0 Å². The summed E-state index contributed by atoms with van der Waals surface area (Å²) in [5.41, 5.74) is 0. The highest BCUT2D eigenvalue weighted by Crippen LogP contribution is 2.49. The van der Waals surface area contributed by atoms with Crippen molar-refractivity contribution in [3.05, 3.63) is 0 Å². The van der Waals surface area contributed by atoms with Crippen molar-refractivity contribution >= 4 is 16.0 Å². The molecule has 0 aliphatic heterocycles. The van der Waals surface area contributed by atoms with Gasteiger partial charge in [-0.15, -0.1) is 0 Å². The van der Waals surface area contributed by atoms with E-state index in [9.17, 15) is 9.46 Å². The quantitative estimate of drug-likeness (QED) is 0.619. The molecule has 0 saturated carbocycles. The molecule has 98 valence electrons. The highest BCUT2D eigenvalue weighted by Gasteiger charge is 2.23. The fourth-order valence-electron chi connectivity index (χ4n) is 1.17. The lowest BCUT2D eigenvalue weighted by atomic mass is 10.6. The van der Waals surface area contributed by atoms with Crippen molar-refractivity contribution < 1.29 is 23.0 Å². The van der Waals surface area contributed by atoms with Crippen molar-refractivity contribution in [3.8, 4) is 0 Å². The van der Waals surface area contributed by atoms with Crippen LogP contribution in [0.3, 0.4) is 0 Å². The molecule has 0 bridgehead atoms. The third-order valence-electron chi connectivity index (χ3n) is 1.71. The monoisotopic (exact) mass is 272 g/mol. The van der Waals surface area contributed by atoms with Crippen LogP contribution in [0.4, 0.5) is 0 Å². The summed E-state index contributed by atoms with van der Waals surface area (Å²) in [4.78, 5) is 9.38. The van der Waals surface area contributed by atoms with Gasteiger partial charge in [0.2, 0.25) is 0 Å². The average molecular weight is 272 g/mol. The van der Waals surface area contributed by atoms with Crippen LogP contribution >= 0.6 is 16.0 Å². The Balaban J connectivity index is 3.88. The lowest BCUT2D eigenvalue weighted by Crippen LogP contribution is -2.02. The van der Waals surface area contributed by atoms with Crippen LogP contribution in [-0.4, -0.2) is 37.0 Å². The van der Waals surface area contributed by atoms with E-state index in [2.05, 4.69) is 0 Å². The second-order valence-electron chi connectivity index (χ2n) is 3.02. The van der Waals surface area contributed by atoms with Gasteiger partial charge in [-0.2, -0.15) is 0 Å². The van der Waals surface area contributed by atoms with Crippen LogP contribution in [0.5, 0.6) is 0 Å². The van der Waals surface area contributed by atoms with E-state index < -0.39 is 16.0 Å². The van der Waals surface area contributed by atoms with Crippen LogP contribution in [0.15, 0.2) is 0 Å². The molecule has 1 atom stereocenters. The van der Waals surface area contributed by atoms with Gasteiger partial charge >= 0.3 is 7.60 Å². The van der Waals surface area contributed by atoms with Gasteiger partial charge in [-0.1, -0.05) is 0 Å². The van der Waals surface area contributed by atoms with Gasteiger partial charge in [0, 0.05) is 6.16 Å². The van der Waals surface area contributed by atoms with Crippen molar-refractivity contribution in [3.63, 3.8) is 0 Å². The molecule has 0 spiro atoms. The predicted molar refractivity (Wildman–Crippen MR) is 66.0 cm³/mol. The zero-order valence-corrected chi connectivity index (χ0v) is 12.0. The van der Waals surface area contributed by atoms with Gasteiger partial charge in [-0.25, -0.2) is 0 Å². The first kappa shape index (κ1) is 16.5.